The van der Waals surface area contributed by atoms with Crippen LogP contribution < -0.4 is 10.1 Å². The summed E-state index contributed by atoms with van der Waals surface area (Å²) in [7, 11) is -1.47. The van der Waals surface area contributed by atoms with Gasteiger partial charge < -0.3 is 15.0 Å². The van der Waals surface area contributed by atoms with E-state index >= 15 is 0 Å². The number of likely N-dealkylation sites (tertiary alicyclic amines) is 1. The number of anilines is 1. The number of nitrogens with one attached hydrogen (secondary N) is 1. The predicted molar refractivity (Wildman–Crippen MR) is 237 cm³/mol. The number of amides is 1. The fourth-order valence-corrected chi connectivity index (χ4v) is 10.2. The van der Waals surface area contributed by atoms with E-state index in [4.69, 9.17) is 4.74 Å². The van der Waals surface area contributed by atoms with E-state index in [9.17, 15) is 9.00 Å². The van der Waals surface area contributed by atoms with E-state index in [2.05, 4.69) is 101 Å². The highest BCUT2D eigenvalue weighted by Crippen LogP contribution is 2.45. The monoisotopic (exact) mass is 789 g/mol. The average molecular weight is 790 g/mol. The number of benzene rings is 4. The van der Waals surface area contributed by atoms with Crippen LogP contribution in [0.3, 0.4) is 0 Å². The van der Waals surface area contributed by atoms with Crippen LogP contribution in [-0.4, -0.2) is 44.1 Å². The van der Waals surface area contributed by atoms with Gasteiger partial charge in [0.05, 0.1) is 10.9 Å². The summed E-state index contributed by atoms with van der Waals surface area (Å²) in [6.45, 7) is 19.5. The summed E-state index contributed by atoms with van der Waals surface area (Å²) in [5, 5.41) is 3.67. The molecule has 1 fully saturated rings. The lowest BCUT2D eigenvalue weighted by atomic mass is 9.88. The van der Waals surface area contributed by atoms with Gasteiger partial charge in [0, 0.05) is 48.9 Å². The van der Waals surface area contributed by atoms with Crippen molar-refractivity contribution in [3.05, 3.63) is 124 Å². The molecule has 57 heavy (non-hydrogen) atoms. The fraction of sp³-hybridized carbons (Fsp3) is 0.500. The van der Waals surface area contributed by atoms with Crippen LogP contribution in [0.15, 0.2) is 89.8 Å². The second-order valence-electron chi connectivity index (χ2n) is 17.8. The van der Waals surface area contributed by atoms with Gasteiger partial charge in [-0.25, -0.2) is 8.51 Å². The molecule has 306 valence electrons. The van der Waals surface area contributed by atoms with Gasteiger partial charge in [-0.15, -0.1) is 0 Å². The zero-order chi connectivity index (χ0) is 40.7. The number of carbonyl (C=O) groups excluding carboxylic acids is 1. The maximum Gasteiger partial charge on any atom is 0.254 e. The first-order valence-corrected chi connectivity index (χ1v) is 22.7. The molecule has 4 aromatic carbocycles. The lowest BCUT2D eigenvalue weighted by Crippen LogP contribution is -2.42. The molecular formula is C50H67N3O3S. The van der Waals surface area contributed by atoms with Gasteiger partial charge in [0.1, 0.15) is 22.3 Å². The van der Waals surface area contributed by atoms with Crippen LogP contribution in [0.4, 0.5) is 5.69 Å². The summed E-state index contributed by atoms with van der Waals surface area (Å²) in [6.07, 6.45) is 10.1. The molecule has 2 heterocycles. The van der Waals surface area contributed by atoms with Crippen LogP contribution in [0, 0.1) is 32.6 Å². The number of aryl methyl sites for hydroxylation is 3. The predicted octanol–water partition coefficient (Wildman–Crippen LogP) is 11.9. The first-order chi connectivity index (χ1) is 27.3. The highest BCUT2D eigenvalue weighted by Gasteiger charge is 2.40. The molecule has 1 amide bonds. The van der Waals surface area contributed by atoms with Crippen molar-refractivity contribution in [3.8, 4) is 5.75 Å². The van der Waals surface area contributed by atoms with Gasteiger partial charge >= 0.3 is 0 Å². The van der Waals surface area contributed by atoms with E-state index in [0.29, 0.717) is 31.0 Å². The van der Waals surface area contributed by atoms with Crippen molar-refractivity contribution in [2.75, 3.05) is 18.4 Å². The molecule has 7 heteroatoms. The molecule has 0 spiro atoms. The zero-order valence-corrected chi connectivity index (χ0v) is 36.7. The minimum absolute atomic E-state index is 0.0406. The van der Waals surface area contributed by atoms with Crippen molar-refractivity contribution in [1.82, 2.24) is 9.21 Å². The Bertz CT molecular complexity index is 1970. The molecule has 1 N–H and O–H groups in total. The average Bonchev–Trinajstić information content (AvgIpc) is 3.66. The topological polar surface area (TPSA) is 61.9 Å². The maximum absolute atomic E-state index is 14.8. The molecule has 6 rings (SSSR count). The SMILES string of the molecule is CC[C@@H](C)CCCC[C@H](C)Cc1ccc(CN([C@H]2CC(C)(C)Oc3ccc(C(=O)N4CCC[C@H]4CNc4c(C)cccc4C)cc32)S(=O)c2cccc(C)c2)cc1. The number of unbranched alkanes of at least 4 members (excludes halogenated alkanes) is 1. The standard InChI is InChI=1S/C50H67N3O3S/c1-9-35(2)15-10-11-16-36(3)29-40-22-24-41(25-23-40)34-53(57(55)44-21-12-17-37(4)30-44)46-32-50(7,8)56-47-27-26-42(31-45(46)47)49(54)52-28-14-20-43(52)33-51-48-38(5)18-13-19-39(48)6/h12-13,17-19,21-27,30-31,35-36,43,46,51H,9-11,14-16,20,28-29,32-34H2,1-8H3/t35-,36+,43+,46+,57?/m1/s1. The molecule has 6 nitrogen and oxygen atoms in total. The number of carbonyl (C=O) groups is 1. The largest absolute Gasteiger partial charge is 0.487 e. The molecular weight excluding hydrogens is 723 g/mol. The molecule has 0 aromatic heterocycles. The molecule has 4 aromatic rings. The molecule has 2 aliphatic rings. The van der Waals surface area contributed by atoms with Gasteiger partial charge in [0.15, 0.2) is 0 Å². The van der Waals surface area contributed by atoms with Crippen molar-refractivity contribution < 1.29 is 13.7 Å². The highest BCUT2D eigenvalue weighted by molar-refractivity contribution is 7.82. The molecule has 0 bridgehead atoms. The number of para-hydroxylation sites is 1. The van der Waals surface area contributed by atoms with Gasteiger partial charge in [0.2, 0.25) is 0 Å². The van der Waals surface area contributed by atoms with Crippen molar-refractivity contribution >= 4 is 22.6 Å². The number of fused-ring (bicyclic) bond motifs is 1. The fourth-order valence-electron chi connectivity index (χ4n) is 8.80. The van der Waals surface area contributed by atoms with Crippen molar-refractivity contribution in [2.45, 2.75) is 142 Å². The second kappa shape index (κ2) is 19.2. The van der Waals surface area contributed by atoms with Crippen LogP contribution in [0.5, 0.6) is 5.75 Å². The smallest absolute Gasteiger partial charge is 0.254 e. The van der Waals surface area contributed by atoms with E-state index in [1.165, 1.54) is 48.8 Å². The summed E-state index contributed by atoms with van der Waals surface area (Å²) in [5.74, 6) is 2.25. The van der Waals surface area contributed by atoms with E-state index < -0.39 is 16.6 Å². The Morgan fingerprint density at radius 3 is 2.30 bits per heavy atom. The third-order valence-electron chi connectivity index (χ3n) is 12.4. The zero-order valence-electron chi connectivity index (χ0n) is 35.9. The Morgan fingerprint density at radius 1 is 0.912 bits per heavy atom. The number of ether oxygens (including phenoxy) is 1. The van der Waals surface area contributed by atoms with Gasteiger partial charge in [-0.1, -0.05) is 107 Å². The Kier molecular flexibility index (Phi) is 14.4. The first kappa shape index (κ1) is 42.7. The van der Waals surface area contributed by atoms with Gasteiger partial charge in [-0.3, -0.25) is 4.79 Å². The van der Waals surface area contributed by atoms with E-state index in [-0.39, 0.29) is 18.0 Å². The molecule has 0 radical (unpaired) electrons. The molecule has 1 saturated heterocycles. The number of rotatable bonds is 17. The third-order valence-corrected chi connectivity index (χ3v) is 13.8. The second-order valence-corrected chi connectivity index (χ2v) is 19.3. The van der Waals surface area contributed by atoms with Crippen molar-refractivity contribution in [2.24, 2.45) is 11.8 Å². The molecule has 0 aliphatic carbocycles. The van der Waals surface area contributed by atoms with Crippen LogP contribution in [0.1, 0.15) is 136 Å². The number of hydrogen-bond acceptors (Lipinski definition) is 4. The van der Waals surface area contributed by atoms with Gasteiger partial charge in [0.25, 0.3) is 5.91 Å². The molecule has 5 atom stereocenters. The summed E-state index contributed by atoms with van der Waals surface area (Å²) >= 11 is 0. The van der Waals surface area contributed by atoms with Gasteiger partial charge in [-0.05, 0) is 124 Å². The Hall–Kier alpha value is -3.94. The van der Waals surface area contributed by atoms with Crippen molar-refractivity contribution in [3.63, 3.8) is 0 Å². The molecule has 0 saturated carbocycles. The Morgan fingerprint density at radius 2 is 1.60 bits per heavy atom. The summed E-state index contributed by atoms with van der Waals surface area (Å²) in [4.78, 5) is 17.2. The first-order valence-electron chi connectivity index (χ1n) is 21.6. The van der Waals surface area contributed by atoms with E-state index in [1.54, 1.807) is 0 Å². The minimum atomic E-state index is -1.47. The summed E-state index contributed by atoms with van der Waals surface area (Å²) in [6, 6.07) is 29.1. The highest BCUT2D eigenvalue weighted by atomic mass is 32.2. The Labute approximate surface area is 346 Å². The summed E-state index contributed by atoms with van der Waals surface area (Å²) < 4.78 is 23.6. The normalized spacial score (nSPS) is 19.1. The van der Waals surface area contributed by atoms with Crippen LogP contribution in [0.2, 0.25) is 0 Å². The number of nitrogens with zero attached hydrogens (tertiary/aromatic N) is 2. The van der Waals surface area contributed by atoms with Crippen LogP contribution >= 0.6 is 0 Å². The number of hydrogen-bond donors (Lipinski definition) is 1. The van der Waals surface area contributed by atoms with Crippen molar-refractivity contribution in [1.29, 1.82) is 0 Å². The quantitative estimate of drug-likeness (QED) is 0.108. The lowest BCUT2D eigenvalue weighted by Gasteiger charge is -2.42. The van der Waals surface area contributed by atoms with E-state index in [0.717, 1.165) is 64.7 Å². The third kappa shape index (κ3) is 11.0. The lowest BCUT2D eigenvalue weighted by molar-refractivity contribution is 0.0499. The summed E-state index contributed by atoms with van der Waals surface area (Å²) in [5.41, 5.74) is 8.21. The van der Waals surface area contributed by atoms with Crippen LogP contribution in [0.25, 0.3) is 0 Å². The molecule has 2 aliphatic heterocycles. The Balaban J connectivity index is 1.24. The van der Waals surface area contributed by atoms with E-state index in [1.807, 2.05) is 54.3 Å². The minimum Gasteiger partial charge on any atom is -0.487 e. The maximum atomic E-state index is 14.8. The van der Waals surface area contributed by atoms with Gasteiger partial charge in [-0.2, -0.15) is 0 Å². The van der Waals surface area contributed by atoms with Crippen LogP contribution in [-0.2, 0) is 24.0 Å². The molecule has 1 unspecified atom stereocenters.